The summed E-state index contributed by atoms with van der Waals surface area (Å²) in [4.78, 5) is 11.9. The topological polar surface area (TPSA) is 109 Å². The van der Waals surface area contributed by atoms with Gasteiger partial charge in [0.15, 0.2) is 0 Å². The summed E-state index contributed by atoms with van der Waals surface area (Å²) in [7, 11) is 0. The standard InChI is InChI=1S/C20H36N4O3/c1-3-17-14-18(15-19(25)16(17)2)27-20(26)24-13-7-12-23-10-5-4-9-22-11-6-8-21/h1,18-19,22-23,25H,4-15,21H2,2H3,(H,24,26)/t18-,19+/m0/s1. The quantitative estimate of drug-likeness (QED) is 0.240. The van der Waals surface area contributed by atoms with Crippen LogP contribution in [0.1, 0.15) is 45.4 Å². The number of hydrogen-bond donors (Lipinski definition) is 5. The van der Waals surface area contributed by atoms with Crippen LogP contribution in [-0.4, -0.2) is 62.7 Å². The first-order valence-electron chi connectivity index (χ1n) is 9.98. The molecule has 154 valence electrons. The molecule has 0 aromatic rings. The summed E-state index contributed by atoms with van der Waals surface area (Å²) in [5.74, 6) is 2.57. The predicted octanol–water partition coefficient (Wildman–Crippen LogP) is 0.884. The lowest BCUT2D eigenvalue weighted by Gasteiger charge is -2.27. The van der Waals surface area contributed by atoms with E-state index in [9.17, 15) is 9.90 Å². The molecule has 6 N–H and O–H groups in total. The number of aliphatic hydroxyl groups is 1. The van der Waals surface area contributed by atoms with Gasteiger partial charge in [-0.15, -0.1) is 6.42 Å². The van der Waals surface area contributed by atoms with E-state index in [0.29, 0.717) is 19.4 Å². The largest absolute Gasteiger partial charge is 0.446 e. The van der Waals surface area contributed by atoms with Gasteiger partial charge < -0.3 is 31.5 Å². The minimum Gasteiger partial charge on any atom is -0.446 e. The third kappa shape index (κ3) is 10.4. The van der Waals surface area contributed by atoms with E-state index in [1.807, 2.05) is 6.92 Å². The Morgan fingerprint density at radius 1 is 1.19 bits per heavy atom. The van der Waals surface area contributed by atoms with Gasteiger partial charge in [0.2, 0.25) is 0 Å². The average Bonchev–Trinajstić information content (AvgIpc) is 2.65. The third-order valence-electron chi connectivity index (χ3n) is 4.66. The summed E-state index contributed by atoms with van der Waals surface area (Å²) >= 11 is 0. The van der Waals surface area contributed by atoms with Crippen LogP contribution in [0.4, 0.5) is 4.79 Å². The molecule has 1 rings (SSSR count). The lowest BCUT2D eigenvalue weighted by Crippen LogP contribution is -2.35. The predicted molar refractivity (Wildman–Crippen MR) is 108 cm³/mol. The van der Waals surface area contributed by atoms with Crippen LogP contribution in [0.15, 0.2) is 11.1 Å². The highest BCUT2D eigenvalue weighted by Gasteiger charge is 2.27. The summed E-state index contributed by atoms with van der Waals surface area (Å²) in [5, 5.41) is 19.4. The molecule has 27 heavy (non-hydrogen) atoms. The van der Waals surface area contributed by atoms with Gasteiger partial charge >= 0.3 is 6.09 Å². The van der Waals surface area contributed by atoms with E-state index in [-0.39, 0.29) is 6.10 Å². The van der Waals surface area contributed by atoms with Crippen LogP contribution >= 0.6 is 0 Å². The van der Waals surface area contributed by atoms with Crippen LogP contribution in [0.5, 0.6) is 0 Å². The second-order valence-electron chi connectivity index (χ2n) is 6.92. The van der Waals surface area contributed by atoms with Crippen molar-refractivity contribution in [2.75, 3.05) is 39.3 Å². The van der Waals surface area contributed by atoms with Crippen molar-refractivity contribution >= 4 is 6.09 Å². The molecule has 0 aromatic heterocycles. The van der Waals surface area contributed by atoms with Crippen LogP contribution in [-0.2, 0) is 4.74 Å². The molecule has 7 nitrogen and oxygen atoms in total. The van der Waals surface area contributed by atoms with Crippen LogP contribution in [0.2, 0.25) is 0 Å². The molecule has 1 aliphatic rings. The average molecular weight is 381 g/mol. The Morgan fingerprint density at radius 2 is 1.81 bits per heavy atom. The van der Waals surface area contributed by atoms with Crippen LogP contribution in [0.25, 0.3) is 0 Å². The van der Waals surface area contributed by atoms with Gasteiger partial charge in [-0.05, 0) is 70.9 Å². The summed E-state index contributed by atoms with van der Waals surface area (Å²) in [6.07, 6.45) is 9.01. The van der Waals surface area contributed by atoms with E-state index in [0.717, 1.165) is 69.6 Å². The lowest BCUT2D eigenvalue weighted by molar-refractivity contribution is 0.0572. The lowest BCUT2D eigenvalue weighted by atomic mass is 9.89. The number of unbranched alkanes of at least 4 members (excludes halogenated alkanes) is 1. The van der Waals surface area contributed by atoms with Crippen molar-refractivity contribution in [3.8, 4) is 12.3 Å². The number of aliphatic hydroxyl groups excluding tert-OH is 1. The fraction of sp³-hybridized carbons (Fsp3) is 0.750. The first-order chi connectivity index (χ1) is 13.1. The Bertz CT molecular complexity index is 502. The van der Waals surface area contributed by atoms with E-state index in [2.05, 4.69) is 21.9 Å². The Kier molecular flexibility index (Phi) is 12.6. The first-order valence-corrected chi connectivity index (χ1v) is 9.98. The molecule has 0 bridgehead atoms. The molecule has 0 aromatic carbocycles. The maximum atomic E-state index is 11.9. The number of amides is 1. The number of ether oxygens (including phenoxy) is 1. The van der Waals surface area contributed by atoms with Crippen molar-refractivity contribution in [2.45, 2.75) is 57.7 Å². The highest BCUT2D eigenvalue weighted by atomic mass is 16.6. The zero-order valence-electron chi connectivity index (χ0n) is 16.6. The maximum absolute atomic E-state index is 11.9. The molecular weight excluding hydrogens is 344 g/mol. The molecule has 2 atom stereocenters. The Balaban J connectivity index is 1.98. The zero-order chi connectivity index (χ0) is 19.9. The second-order valence-corrected chi connectivity index (χ2v) is 6.92. The molecular formula is C20H36N4O3. The van der Waals surface area contributed by atoms with Gasteiger partial charge in [-0.3, -0.25) is 0 Å². The van der Waals surface area contributed by atoms with Crippen LogP contribution in [0, 0.1) is 12.3 Å². The van der Waals surface area contributed by atoms with Gasteiger partial charge in [-0.2, -0.15) is 0 Å². The van der Waals surface area contributed by atoms with Gasteiger partial charge in [-0.25, -0.2) is 4.79 Å². The monoisotopic (exact) mass is 380 g/mol. The molecule has 0 aliphatic heterocycles. The molecule has 0 fully saturated rings. The van der Waals surface area contributed by atoms with E-state index >= 15 is 0 Å². The molecule has 7 heteroatoms. The molecule has 0 saturated carbocycles. The third-order valence-corrected chi connectivity index (χ3v) is 4.66. The Hall–Kier alpha value is -1.59. The number of alkyl carbamates (subject to hydrolysis) is 1. The second kappa shape index (κ2) is 14.5. The van der Waals surface area contributed by atoms with Crippen molar-refractivity contribution in [1.82, 2.24) is 16.0 Å². The van der Waals surface area contributed by atoms with Crippen molar-refractivity contribution in [1.29, 1.82) is 0 Å². The molecule has 0 spiro atoms. The van der Waals surface area contributed by atoms with Gasteiger partial charge in [0.05, 0.1) is 6.10 Å². The highest BCUT2D eigenvalue weighted by molar-refractivity contribution is 5.67. The fourth-order valence-electron chi connectivity index (χ4n) is 2.94. The van der Waals surface area contributed by atoms with Crippen molar-refractivity contribution < 1.29 is 14.6 Å². The number of rotatable bonds is 13. The zero-order valence-corrected chi connectivity index (χ0v) is 16.6. The van der Waals surface area contributed by atoms with Crippen molar-refractivity contribution in [2.24, 2.45) is 5.73 Å². The summed E-state index contributed by atoms with van der Waals surface area (Å²) in [5.41, 5.74) is 6.96. The molecule has 0 radical (unpaired) electrons. The van der Waals surface area contributed by atoms with E-state index in [1.165, 1.54) is 0 Å². The molecule has 0 saturated heterocycles. The minimum atomic E-state index is -0.636. The van der Waals surface area contributed by atoms with Gasteiger partial charge in [0.1, 0.15) is 6.10 Å². The van der Waals surface area contributed by atoms with Crippen molar-refractivity contribution in [3.05, 3.63) is 11.1 Å². The first kappa shape index (κ1) is 23.4. The number of hydrogen-bond acceptors (Lipinski definition) is 6. The molecule has 1 amide bonds. The SMILES string of the molecule is C#CC1=C(C)[C@H](O)C[C@@H](OC(=O)NCCCNCCCCNCCCN)C1. The fourth-order valence-corrected chi connectivity index (χ4v) is 2.94. The van der Waals surface area contributed by atoms with Crippen LogP contribution in [0.3, 0.4) is 0 Å². The number of carbonyl (C=O) groups is 1. The summed E-state index contributed by atoms with van der Waals surface area (Å²) in [6.45, 7) is 6.96. The maximum Gasteiger partial charge on any atom is 0.407 e. The number of carbonyl (C=O) groups excluding carboxylic acids is 1. The van der Waals surface area contributed by atoms with Gasteiger partial charge in [0.25, 0.3) is 0 Å². The van der Waals surface area contributed by atoms with E-state index < -0.39 is 12.2 Å². The van der Waals surface area contributed by atoms with Gasteiger partial charge in [0, 0.05) is 25.0 Å². The Labute approximate surface area is 163 Å². The van der Waals surface area contributed by atoms with Crippen LogP contribution < -0.4 is 21.7 Å². The summed E-state index contributed by atoms with van der Waals surface area (Å²) in [6, 6.07) is 0. The van der Waals surface area contributed by atoms with Gasteiger partial charge in [-0.1, -0.05) is 5.92 Å². The normalized spacial score (nSPS) is 19.6. The number of nitrogens with two attached hydrogens (primary N) is 1. The number of terminal acetylenes is 1. The van der Waals surface area contributed by atoms with E-state index in [4.69, 9.17) is 16.9 Å². The highest BCUT2D eigenvalue weighted by Crippen LogP contribution is 2.26. The molecule has 1 aliphatic carbocycles. The number of nitrogens with one attached hydrogen (secondary N) is 3. The Morgan fingerprint density at radius 3 is 2.44 bits per heavy atom. The van der Waals surface area contributed by atoms with Crippen molar-refractivity contribution in [3.63, 3.8) is 0 Å². The summed E-state index contributed by atoms with van der Waals surface area (Å²) < 4.78 is 5.37. The smallest absolute Gasteiger partial charge is 0.407 e. The minimum absolute atomic E-state index is 0.369. The molecule has 0 heterocycles. The van der Waals surface area contributed by atoms with E-state index in [1.54, 1.807) is 0 Å². The molecule has 0 unspecified atom stereocenters.